The summed E-state index contributed by atoms with van der Waals surface area (Å²) < 4.78 is 3.35. The summed E-state index contributed by atoms with van der Waals surface area (Å²) >= 11 is 6.57. The first-order valence-electron chi connectivity index (χ1n) is 9.68. The Morgan fingerprint density at radius 1 is 1.38 bits per heavy atom. The van der Waals surface area contributed by atoms with Crippen molar-refractivity contribution in [1.29, 1.82) is 0 Å². The standard InChI is InChI=1S/C20H19BrIN7O4S/c1-11(24-15-5-3-14(22)4-6-15)19-26-27-20(28(19)2)34-10-17(30)25-23-9-12-7-13(21)8-16(18(12)31)29(32)33/h3-9,11,24,31H,10H2,1-2H3,(H,25,30)/b23-9-/t11-/m1/s1. The third-order valence-corrected chi connectivity index (χ3v) is 6.69. The van der Waals surface area contributed by atoms with E-state index in [0.717, 1.165) is 15.5 Å². The average molecular weight is 660 g/mol. The molecule has 1 heterocycles. The molecule has 0 saturated carbocycles. The highest BCUT2D eigenvalue weighted by Gasteiger charge is 2.18. The molecule has 11 nitrogen and oxygen atoms in total. The van der Waals surface area contributed by atoms with Crippen molar-refractivity contribution in [3.8, 4) is 5.75 Å². The molecule has 2 aromatic carbocycles. The summed E-state index contributed by atoms with van der Waals surface area (Å²) in [5.74, 6) is -0.224. The van der Waals surface area contributed by atoms with E-state index < -0.39 is 22.3 Å². The van der Waals surface area contributed by atoms with Crippen LogP contribution >= 0.6 is 50.3 Å². The Morgan fingerprint density at radius 3 is 2.76 bits per heavy atom. The average Bonchev–Trinajstić information content (AvgIpc) is 3.16. The van der Waals surface area contributed by atoms with Crippen LogP contribution in [0.5, 0.6) is 5.75 Å². The lowest BCUT2D eigenvalue weighted by atomic mass is 10.2. The highest BCUT2D eigenvalue weighted by molar-refractivity contribution is 14.1. The number of halogens is 2. The summed E-state index contributed by atoms with van der Waals surface area (Å²) in [6.07, 6.45) is 1.13. The van der Waals surface area contributed by atoms with Gasteiger partial charge in [-0.05, 0) is 59.8 Å². The lowest BCUT2D eigenvalue weighted by molar-refractivity contribution is -0.385. The molecular weight excluding hydrogens is 641 g/mol. The molecule has 0 unspecified atom stereocenters. The Morgan fingerprint density at radius 2 is 2.09 bits per heavy atom. The highest BCUT2D eigenvalue weighted by atomic mass is 127. The van der Waals surface area contributed by atoms with Crippen molar-refractivity contribution < 1.29 is 14.8 Å². The SMILES string of the molecule is C[C@@H](Nc1ccc(I)cc1)c1nnc(SCC(=O)N/N=C\c2cc(Br)cc([N+](=O)[O-])c2O)n1C. The zero-order chi connectivity index (χ0) is 24.8. The van der Waals surface area contributed by atoms with Crippen LogP contribution in [0.15, 0.2) is 51.1 Å². The maximum atomic E-state index is 12.2. The number of anilines is 1. The van der Waals surface area contributed by atoms with E-state index in [1.165, 1.54) is 23.9 Å². The van der Waals surface area contributed by atoms with Crippen molar-refractivity contribution in [1.82, 2.24) is 20.2 Å². The van der Waals surface area contributed by atoms with E-state index in [9.17, 15) is 20.0 Å². The summed E-state index contributed by atoms with van der Waals surface area (Å²) in [7, 11) is 1.82. The number of thioether (sulfide) groups is 1. The maximum Gasteiger partial charge on any atom is 0.312 e. The number of hydrazone groups is 1. The quantitative estimate of drug-likeness (QED) is 0.102. The third-order valence-electron chi connectivity index (χ3n) is 4.49. The smallest absolute Gasteiger partial charge is 0.312 e. The normalized spacial score (nSPS) is 12.0. The Balaban J connectivity index is 1.56. The Labute approximate surface area is 220 Å². The first-order chi connectivity index (χ1) is 16.2. The van der Waals surface area contributed by atoms with Gasteiger partial charge in [0.1, 0.15) is 0 Å². The number of nitro groups is 1. The van der Waals surface area contributed by atoms with E-state index in [-0.39, 0.29) is 17.4 Å². The second-order valence-electron chi connectivity index (χ2n) is 6.97. The van der Waals surface area contributed by atoms with Crippen LogP contribution in [0.2, 0.25) is 0 Å². The first kappa shape index (κ1) is 25.9. The summed E-state index contributed by atoms with van der Waals surface area (Å²) in [5.41, 5.74) is 2.90. The van der Waals surface area contributed by atoms with Crippen LogP contribution in [0.3, 0.4) is 0 Å². The molecule has 0 fully saturated rings. The van der Waals surface area contributed by atoms with Crippen LogP contribution in [0.1, 0.15) is 24.4 Å². The van der Waals surface area contributed by atoms with Crippen molar-refractivity contribution >= 4 is 73.8 Å². The van der Waals surface area contributed by atoms with Gasteiger partial charge in [-0.1, -0.05) is 27.7 Å². The maximum absolute atomic E-state index is 12.2. The van der Waals surface area contributed by atoms with E-state index in [2.05, 4.69) is 64.6 Å². The highest BCUT2D eigenvalue weighted by Crippen LogP contribution is 2.32. The predicted octanol–water partition coefficient (Wildman–Crippen LogP) is 4.21. The van der Waals surface area contributed by atoms with Crippen LogP contribution in [0, 0.1) is 13.7 Å². The van der Waals surface area contributed by atoms with Crippen molar-refractivity contribution in [2.75, 3.05) is 11.1 Å². The lowest BCUT2D eigenvalue weighted by Gasteiger charge is -2.14. The Bertz CT molecular complexity index is 1240. The van der Waals surface area contributed by atoms with Crippen molar-refractivity contribution in [2.45, 2.75) is 18.1 Å². The molecule has 0 aliphatic heterocycles. The Kier molecular flexibility index (Phi) is 8.84. The molecule has 0 aliphatic carbocycles. The molecule has 34 heavy (non-hydrogen) atoms. The molecule has 1 atom stereocenters. The van der Waals surface area contributed by atoms with Crippen molar-refractivity contribution in [3.05, 3.63) is 65.9 Å². The molecule has 1 amide bonds. The molecule has 14 heteroatoms. The Hall–Kier alpha value is -2.72. The fraction of sp³-hybridized carbons (Fsp3) is 0.200. The number of nitro benzene ring substituents is 1. The molecule has 3 N–H and O–H groups in total. The van der Waals surface area contributed by atoms with Gasteiger partial charge in [0, 0.05) is 32.4 Å². The van der Waals surface area contributed by atoms with Gasteiger partial charge in [-0.15, -0.1) is 10.2 Å². The van der Waals surface area contributed by atoms with Gasteiger partial charge in [0.15, 0.2) is 11.0 Å². The molecule has 1 aromatic heterocycles. The third kappa shape index (κ3) is 6.66. The van der Waals surface area contributed by atoms with Gasteiger partial charge >= 0.3 is 5.69 Å². The monoisotopic (exact) mass is 659 g/mol. The summed E-state index contributed by atoms with van der Waals surface area (Å²) in [6, 6.07) is 10.5. The minimum absolute atomic E-state index is 0.0207. The largest absolute Gasteiger partial charge is 0.502 e. The number of phenols is 1. The van der Waals surface area contributed by atoms with E-state index in [1.807, 2.05) is 42.8 Å². The molecular formula is C20H19BrIN7O4S. The summed E-state index contributed by atoms with van der Waals surface area (Å²) in [4.78, 5) is 22.4. The van der Waals surface area contributed by atoms with E-state index >= 15 is 0 Å². The van der Waals surface area contributed by atoms with Crippen molar-refractivity contribution in [3.63, 3.8) is 0 Å². The topological polar surface area (TPSA) is 148 Å². The van der Waals surface area contributed by atoms with Gasteiger partial charge in [-0.25, -0.2) is 5.43 Å². The fourth-order valence-electron chi connectivity index (χ4n) is 2.87. The van der Waals surface area contributed by atoms with Gasteiger partial charge in [0.2, 0.25) is 5.75 Å². The number of carbonyl (C=O) groups excluding carboxylic acids is 1. The first-order valence-corrected chi connectivity index (χ1v) is 12.5. The number of aromatic hydroxyl groups is 1. The van der Waals surface area contributed by atoms with Gasteiger partial charge in [-0.2, -0.15) is 5.10 Å². The number of amides is 1. The number of phenolic OH excluding ortho intramolecular Hbond substituents is 1. The fourth-order valence-corrected chi connectivity index (χ4v) is 4.40. The number of aromatic nitrogens is 3. The molecule has 0 saturated heterocycles. The van der Waals surface area contributed by atoms with E-state index in [0.29, 0.717) is 15.5 Å². The number of hydrogen-bond acceptors (Lipinski definition) is 9. The zero-order valence-corrected chi connectivity index (χ0v) is 22.5. The number of carbonyl (C=O) groups is 1. The molecule has 3 rings (SSSR count). The molecule has 0 radical (unpaired) electrons. The van der Waals surface area contributed by atoms with E-state index in [4.69, 9.17) is 0 Å². The summed E-state index contributed by atoms with van der Waals surface area (Å²) in [5, 5.41) is 37.1. The predicted molar refractivity (Wildman–Crippen MR) is 141 cm³/mol. The van der Waals surface area contributed by atoms with Crippen molar-refractivity contribution in [2.24, 2.45) is 12.1 Å². The molecule has 3 aromatic rings. The zero-order valence-electron chi connectivity index (χ0n) is 17.9. The minimum Gasteiger partial charge on any atom is -0.502 e. The number of hydrogen-bond donors (Lipinski definition) is 3. The molecule has 0 bridgehead atoms. The minimum atomic E-state index is -0.710. The van der Waals surface area contributed by atoms with Gasteiger partial charge in [0.25, 0.3) is 5.91 Å². The van der Waals surface area contributed by atoms with Gasteiger partial charge in [0.05, 0.1) is 22.9 Å². The molecule has 178 valence electrons. The van der Waals surface area contributed by atoms with Crippen LogP contribution in [-0.4, -0.2) is 42.7 Å². The van der Waals surface area contributed by atoms with Crippen LogP contribution in [0.25, 0.3) is 0 Å². The van der Waals surface area contributed by atoms with Gasteiger partial charge in [-0.3, -0.25) is 14.9 Å². The number of rotatable bonds is 9. The molecule has 0 aliphatic rings. The second kappa shape index (κ2) is 11.6. The van der Waals surface area contributed by atoms with E-state index in [1.54, 1.807) is 0 Å². The van der Waals surface area contributed by atoms with Crippen LogP contribution in [-0.2, 0) is 11.8 Å². The van der Waals surface area contributed by atoms with Crippen LogP contribution < -0.4 is 10.7 Å². The summed E-state index contributed by atoms with van der Waals surface area (Å²) in [6.45, 7) is 1.97. The number of nitrogens with one attached hydrogen (secondary N) is 2. The lowest BCUT2D eigenvalue weighted by Crippen LogP contribution is -2.20. The van der Waals surface area contributed by atoms with Crippen LogP contribution in [0.4, 0.5) is 11.4 Å². The molecule has 0 spiro atoms. The number of nitrogens with zero attached hydrogens (tertiary/aromatic N) is 5. The second-order valence-corrected chi connectivity index (χ2v) is 10.1. The number of benzene rings is 2. The van der Waals surface area contributed by atoms with Gasteiger partial charge < -0.3 is 15.0 Å².